The molecule has 2 aromatic rings. The van der Waals surface area contributed by atoms with Crippen LogP contribution >= 0.6 is 12.4 Å². The van der Waals surface area contributed by atoms with Gasteiger partial charge in [-0.3, -0.25) is 14.8 Å². The molecule has 0 saturated carbocycles. The number of carbonyl (C=O) groups is 1. The number of halogens is 1. The maximum absolute atomic E-state index is 11.7. The molecular weight excluding hydrogens is 238 g/mol. The topological polar surface area (TPSA) is 54.9 Å². The Kier molecular flexibility index (Phi) is 5.10. The maximum atomic E-state index is 11.7. The van der Waals surface area contributed by atoms with Crippen molar-refractivity contribution in [2.75, 3.05) is 0 Å². The average Bonchev–Trinajstić information content (AvgIpc) is 2.38. The molecule has 0 radical (unpaired) electrons. The van der Waals surface area contributed by atoms with Crippen LogP contribution in [0, 0.1) is 0 Å². The van der Waals surface area contributed by atoms with E-state index in [0.717, 1.165) is 5.56 Å². The van der Waals surface area contributed by atoms with E-state index in [1.165, 1.54) is 0 Å². The molecule has 0 spiro atoms. The summed E-state index contributed by atoms with van der Waals surface area (Å²) in [6.07, 6.45) is 6.60. The summed E-state index contributed by atoms with van der Waals surface area (Å²) in [5, 5.41) is 2.82. The Morgan fingerprint density at radius 3 is 2.12 bits per heavy atom. The molecule has 0 unspecified atom stereocenters. The zero-order valence-corrected chi connectivity index (χ0v) is 9.85. The van der Waals surface area contributed by atoms with E-state index in [9.17, 15) is 4.79 Å². The van der Waals surface area contributed by atoms with Crippen LogP contribution in [0.1, 0.15) is 15.9 Å². The van der Waals surface area contributed by atoms with Gasteiger partial charge >= 0.3 is 0 Å². The summed E-state index contributed by atoms with van der Waals surface area (Å²) in [6, 6.07) is 7.10. The van der Waals surface area contributed by atoms with E-state index in [1.807, 2.05) is 12.1 Å². The molecule has 0 saturated heterocycles. The van der Waals surface area contributed by atoms with Crippen LogP contribution in [0.2, 0.25) is 0 Å². The van der Waals surface area contributed by atoms with E-state index >= 15 is 0 Å². The molecule has 1 amide bonds. The van der Waals surface area contributed by atoms with E-state index in [-0.39, 0.29) is 18.3 Å². The lowest BCUT2D eigenvalue weighted by Gasteiger charge is -2.04. The van der Waals surface area contributed by atoms with Gasteiger partial charge in [0.05, 0.1) is 0 Å². The van der Waals surface area contributed by atoms with Gasteiger partial charge < -0.3 is 5.32 Å². The van der Waals surface area contributed by atoms with E-state index < -0.39 is 0 Å². The Balaban J connectivity index is 0.00000144. The first-order chi connectivity index (χ1) is 7.86. The Labute approximate surface area is 106 Å². The number of hydrogen-bond donors (Lipinski definition) is 1. The number of aromatic nitrogens is 2. The Bertz CT molecular complexity index is 462. The van der Waals surface area contributed by atoms with Gasteiger partial charge in [-0.15, -0.1) is 12.4 Å². The first kappa shape index (κ1) is 13.1. The smallest absolute Gasteiger partial charge is 0.251 e. The number of nitrogens with one attached hydrogen (secondary N) is 1. The summed E-state index contributed by atoms with van der Waals surface area (Å²) in [4.78, 5) is 19.4. The second-order valence-corrected chi connectivity index (χ2v) is 3.27. The van der Waals surface area contributed by atoms with Crippen molar-refractivity contribution in [2.45, 2.75) is 6.54 Å². The van der Waals surface area contributed by atoms with Gasteiger partial charge in [-0.25, -0.2) is 0 Å². The van der Waals surface area contributed by atoms with Crippen LogP contribution in [0.4, 0.5) is 0 Å². The van der Waals surface area contributed by atoms with Crippen LogP contribution in [0.25, 0.3) is 0 Å². The second-order valence-electron chi connectivity index (χ2n) is 3.27. The molecule has 0 aliphatic rings. The van der Waals surface area contributed by atoms with Gasteiger partial charge in [0, 0.05) is 36.9 Å². The number of carbonyl (C=O) groups excluding carboxylic acids is 1. The fourth-order valence-corrected chi connectivity index (χ4v) is 1.29. The quantitative estimate of drug-likeness (QED) is 0.903. The van der Waals surface area contributed by atoms with Crippen molar-refractivity contribution >= 4 is 18.3 Å². The highest BCUT2D eigenvalue weighted by Crippen LogP contribution is 1.99. The molecule has 2 rings (SSSR count). The Hall–Kier alpha value is -1.94. The largest absolute Gasteiger partial charge is 0.348 e. The summed E-state index contributed by atoms with van der Waals surface area (Å²) in [6.45, 7) is 0.504. The van der Waals surface area contributed by atoms with E-state index in [2.05, 4.69) is 15.3 Å². The molecule has 1 N–H and O–H groups in total. The third-order valence-corrected chi connectivity index (χ3v) is 2.14. The monoisotopic (exact) mass is 249 g/mol. The third-order valence-electron chi connectivity index (χ3n) is 2.14. The predicted molar refractivity (Wildman–Crippen MR) is 66.9 cm³/mol. The van der Waals surface area contributed by atoms with Gasteiger partial charge in [0.15, 0.2) is 0 Å². The summed E-state index contributed by atoms with van der Waals surface area (Å²) >= 11 is 0. The Morgan fingerprint density at radius 2 is 1.53 bits per heavy atom. The lowest BCUT2D eigenvalue weighted by molar-refractivity contribution is 0.0951. The zero-order chi connectivity index (χ0) is 11.2. The number of amides is 1. The molecule has 17 heavy (non-hydrogen) atoms. The number of pyridine rings is 2. The highest BCUT2D eigenvalue weighted by Gasteiger charge is 2.03. The van der Waals surface area contributed by atoms with E-state index in [0.29, 0.717) is 12.1 Å². The van der Waals surface area contributed by atoms with Crippen LogP contribution in [0.5, 0.6) is 0 Å². The van der Waals surface area contributed by atoms with Gasteiger partial charge in [-0.1, -0.05) is 0 Å². The first-order valence-electron chi connectivity index (χ1n) is 4.93. The molecule has 0 aromatic carbocycles. The van der Waals surface area contributed by atoms with Gasteiger partial charge in [0.1, 0.15) is 0 Å². The van der Waals surface area contributed by atoms with Gasteiger partial charge in [-0.05, 0) is 29.8 Å². The molecule has 0 bridgehead atoms. The van der Waals surface area contributed by atoms with E-state index in [1.54, 1.807) is 36.9 Å². The molecule has 0 aliphatic carbocycles. The SMILES string of the molecule is Cl.O=C(NCc1ccncc1)c1ccncc1. The fraction of sp³-hybridized carbons (Fsp3) is 0.0833. The molecule has 5 heteroatoms. The lowest BCUT2D eigenvalue weighted by atomic mass is 10.2. The van der Waals surface area contributed by atoms with Crippen molar-refractivity contribution in [3.8, 4) is 0 Å². The lowest BCUT2D eigenvalue weighted by Crippen LogP contribution is -2.22. The van der Waals surface area contributed by atoms with Crippen molar-refractivity contribution < 1.29 is 4.79 Å². The van der Waals surface area contributed by atoms with Crippen LogP contribution < -0.4 is 5.32 Å². The number of hydrogen-bond acceptors (Lipinski definition) is 3. The number of rotatable bonds is 3. The summed E-state index contributed by atoms with van der Waals surface area (Å²) in [5.41, 5.74) is 1.64. The van der Waals surface area contributed by atoms with Gasteiger partial charge in [0.2, 0.25) is 0 Å². The standard InChI is InChI=1S/C12H11N3O.ClH/c16-12(11-3-7-14-8-4-11)15-9-10-1-5-13-6-2-10;/h1-8H,9H2,(H,15,16);1H. The molecule has 0 aliphatic heterocycles. The molecule has 2 heterocycles. The third kappa shape index (κ3) is 3.85. The zero-order valence-electron chi connectivity index (χ0n) is 9.04. The van der Waals surface area contributed by atoms with Crippen molar-refractivity contribution in [2.24, 2.45) is 0 Å². The minimum atomic E-state index is -0.0980. The van der Waals surface area contributed by atoms with Crippen LogP contribution in [0.15, 0.2) is 49.1 Å². The van der Waals surface area contributed by atoms with Crippen molar-refractivity contribution in [3.05, 3.63) is 60.2 Å². The normalized spacial score (nSPS) is 9.18. The predicted octanol–water partition coefficient (Wildman–Crippen LogP) is 1.83. The summed E-state index contributed by atoms with van der Waals surface area (Å²) in [7, 11) is 0. The van der Waals surface area contributed by atoms with Crippen molar-refractivity contribution in [1.29, 1.82) is 0 Å². The minimum Gasteiger partial charge on any atom is -0.348 e. The molecular formula is C12H12ClN3O. The molecule has 4 nitrogen and oxygen atoms in total. The molecule has 88 valence electrons. The second kappa shape index (κ2) is 6.60. The Morgan fingerprint density at radius 1 is 1.00 bits per heavy atom. The highest BCUT2D eigenvalue weighted by atomic mass is 35.5. The van der Waals surface area contributed by atoms with Crippen LogP contribution in [-0.2, 0) is 6.54 Å². The minimum absolute atomic E-state index is 0. The maximum Gasteiger partial charge on any atom is 0.251 e. The fourth-order valence-electron chi connectivity index (χ4n) is 1.29. The van der Waals surface area contributed by atoms with Crippen molar-refractivity contribution in [1.82, 2.24) is 15.3 Å². The van der Waals surface area contributed by atoms with Gasteiger partial charge in [-0.2, -0.15) is 0 Å². The first-order valence-corrected chi connectivity index (χ1v) is 4.93. The molecule has 0 atom stereocenters. The highest BCUT2D eigenvalue weighted by molar-refractivity contribution is 5.93. The van der Waals surface area contributed by atoms with E-state index in [4.69, 9.17) is 0 Å². The molecule has 2 aromatic heterocycles. The van der Waals surface area contributed by atoms with Crippen molar-refractivity contribution in [3.63, 3.8) is 0 Å². The summed E-state index contributed by atoms with van der Waals surface area (Å²) < 4.78 is 0. The van der Waals surface area contributed by atoms with Gasteiger partial charge in [0.25, 0.3) is 5.91 Å². The summed E-state index contributed by atoms with van der Waals surface area (Å²) in [5.74, 6) is -0.0980. The van der Waals surface area contributed by atoms with Crippen LogP contribution in [-0.4, -0.2) is 15.9 Å². The number of nitrogens with zero attached hydrogens (tertiary/aromatic N) is 2. The molecule has 0 fully saturated rings. The van der Waals surface area contributed by atoms with Crippen LogP contribution in [0.3, 0.4) is 0 Å². The average molecular weight is 250 g/mol.